The first-order valence-corrected chi connectivity index (χ1v) is 9.65. The Labute approximate surface area is 172 Å². The summed E-state index contributed by atoms with van der Waals surface area (Å²) in [6, 6.07) is -0.214. The number of fused-ring (bicyclic) bond motifs is 1. The zero-order valence-electron chi connectivity index (χ0n) is 16.3. The lowest BCUT2D eigenvalue weighted by Gasteiger charge is -2.33. The second-order valence-corrected chi connectivity index (χ2v) is 8.52. The van der Waals surface area contributed by atoms with E-state index in [0.29, 0.717) is 24.2 Å². The van der Waals surface area contributed by atoms with Crippen molar-refractivity contribution in [2.75, 3.05) is 18.5 Å². The molecule has 0 radical (unpaired) electrons. The number of hydrogen-bond acceptors (Lipinski definition) is 6. The molecule has 1 saturated heterocycles. The van der Waals surface area contributed by atoms with E-state index in [1.165, 1.54) is 6.20 Å². The van der Waals surface area contributed by atoms with Crippen molar-refractivity contribution in [1.29, 1.82) is 0 Å². The van der Waals surface area contributed by atoms with E-state index in [1.807, 2.05) is 39.6 Å². The molecule has 0 unspecified atom stereocenters. The zero-order chi connectivity index (χ0) is 20.8. The summed E-state index contributed by atoms with van der Waals surface area (Å²) >= 11 is 11.8. The normalized spacial score (nSPS) is 19.9. The van der Waals surface area contributed by atoms with Gasteiger partial charge in [0.05, 0.1) is 17.5 Å². The number of nitrogens with zero attached hydrogens (tertiary/aromatic N) is 5. The maximum absolute atomic E-state index is 14.4. The number of anilines is 1. The minimum atomic E-state index is -0.743. The number of amides is 1. The van der Waals surface area contributed by atoms with Gasteiger partial charge in [-0.25, -0.2) is 19.2 Å². The smallest absolute Gasteiger partial charge is 0.410 e. The molecule has 10 heteroatoms. The molecule has 3 heterocycles. The molecule has 2 atom stereocenters. The number of carbonyl (C=O) groups is 1. The third kappa shape index (κ3) is 3.93. The first kappa shape index (κ1) is 20.8. The second-order valence-electron chi connectivity index (χ2n) is 7.82. The summed E-state index contributed by atoms with van der Waals surface area (Å²) in [6.07, 6.45) is 1.76. The molecule has 1 amide bonds. The summed E-state index contributed by atoms with van der Waals surface area (Å²) in [5.41, 5.74) is -0.559. The Balaban J connectivity index is 1.92. The van der Waals surface area contributed by atoms with Gasteiger partial charge in [0.25, 0.3) is 0 Å². The van der Waals surface area contributed by atoms with Gasteiger partial charge < -0.3 is 14.5 Å². The molecule has 0 saturated carbocycles. The van der Waals surface area contributed by atoms with Gasteiger partial charge in [0.1, 0.15) is 16.9 Å². The molecule has 0 aliphatic carbocycles. The Morgan fingerprint density at radius 3 is 2.68 bits per heavy atom. The van der Waals surface area contributed by atoms with Gasteiger partial charge in [-0.15, -0.1) is 0 Å². The van der Waals surface area contributed by atoms with E-state index >= 15 is 0 Å². The molecular formula is C18H22Cl2FN5O2. The van der Waals surface area contributed by atoms with Gasteiger partial charge in [-0.1, -0.05) is 11.6 Å². The van der Waals surface area contributed by atoms with Crippen LogP contribution in [0.5, 0.6) is 0 Å². The fourth-order valence-electron chi connectivity index (χ4n) is 3.44. The van der Waals surface area contributed by atoms with E-state index in [0.717, 1.165) is 0 Å². The molecule has 7 nitrogen and oxygen atoms in total. The topological polar surface area (TPSA) is 71.5 Å². The highest BCUT2D eigenvalue weighted by molar-refractivity contribution is 6.30. The number of ether oxygens (including phenoxy) is 1. The Morgan fingerprint density at radius 2 is 2.04 bits per heavy atom. The van der Waals surface area contributed by atoms with Gasteiger partial charge in [0.2, 0.25) is 5.28 Å². The zero-order valence-corrected chi connectivity index (χ0v) is 17.8. The van der Waals surface area contributed by atoms with Crippen LogP contribution in [0.15, 0.2) is 6.20 Å². The highest BCUT2D eigenvalue weighted by Crippen LogP contribution is 2.33. The molecule has 1 fully saturated rings. The van der Waals surface area contributed by atoms with E-state index in [-0.39, 0.29) is 34.1 Å². The SMILES string of the molecule is C[C@H]1[C@@H](N(C)c2nc(Cl)nc3c(F)c(Cl)ncc23)CCN1C(=O)OC(C)(C)C. The highest BCUT2D eigenvalue weighted by Gasteiger charge is 2.39. The van der Waals surface area contributed by atoms with Crippen molar-refractivity contribution >= 4 is 46.0 Å². The fourth-order valence-corrected chi connectivity index (χ4v) is 3.74. The Morgan fingerprint density at radius 1 is 1.36 bits per heavy atom. The standard InChI is InChI=1S/C18H22Cl2FN5O2/c1-9-11(6-7-26(9)17(27)28-18(2,3)4)25(5)15-10-8-22-14(19)12(21)13(10)23-16(20)24-15/h8-9,11H,6-7H2,1-5H3/t9-,11-/m0/s1. The van der Waals surface area contributed by atoms with Gasteiger partial charge in [-0.05, 0) is 45.7 Å². The van der Waals surface area contributed by atoms with Crippen LogP contribution in [0, 0.1) is 5.82 Å². The van der Waals surface area contributed by atoms with Crippen molar-refractivity contribution in [3.63, 3.8) is 0 Å². The number of pyridine rings is 1. The van der Waals surface area contributed by atoms with Crippen LogP contribution in [0.25, 0.3) is 10.9 Å². The Kier molecular flexibility index (Phi) is 5.55. The summed E-state index contributed by atoms with van der Waals surface area (Å²) in [6.45, 7) is 7.98. The predicted octanol–water partition coefficient (Wildman–Crippen LogP) is 4.30. The average molecular weight is 430 g/mol. The van der Waals surface area contributed by atoms with Gasteiger partial charge in [0, 0.05) is 19.8 Å². The first-order chi connectivity index (χ1) is 13.0. The van der Waals surface area contributed by atoms with E-state index in [2.05, 4.69) is 15.0 Å². The highest BCUT2D eigenvalue weighted by atomic mass is 35.5. The van der Waals surface area contributed by atoms with Crippen LogP contribution < -0.4 is 4.90 Å². The molecule has 1 aliphatic rings. The van der Waals surface area contributed by atoms with Crippen molar-refractivity contribution in [3.8, 4) is 0 Å². The molecular weight excluding hydrogens is 408 g/mol. The second kappa shape index (κ2) is 7.48. The van der Waals surface area contributed by atoms with E-state index < -0.39 is 11.4 Å². The van der Waals surface area contributed by atoms with Crippen LogP contribution >= 0.6 is 23.2 Å². The lowest BCUT2D eigenvalue weighted by atomic mass is 10.1. The van der Waals surface area contributed by atoms with Gasteiger partial charge in [0.15, 0.2) is 11.0 Å². The van der Waals surface area contributed by atoms with Crippen LogP contribution in [0.2, 0.25) is 10.4 Å². The van der Waals surface area contributed by atoms with Crippen LogP contribution in [0.3, 0.4) is 0 Å². The number of halogens is 3. The van der Waals surface area contributed by atoms with Crippen molar-refractivity contribution in [2.24, 2.45) is 0 Å². The van der Waals surface area contributed by atoms with E-state index in [4.69, 9.17) is 27.9 Å². The lowest BCUT2D eigenvalue weighted by Crippen LogP contribution is -2.45. The third-order valence-electron chi connectivity index (χ3n) is 4.77. The average Bonchev–Trinajstić information content (AvgIpc) is 2.97. The van der Waals surface area contributed by atoms with E-state index in [1.54, 1.807) is 4.90 Å². The molecule has 0 bridgehead atoms. The van der Waals surface area contributed by atoms with Crippen molar-refractivity contribution in [2.45, 2.75) is 51.8 Å². The predicted molar refractivity (Wildman–Crippen MR) is 107 cm³/mol. The largest absolute Gasteiger partial charge is 0.444 e. The molecule has 0 spiro atoms. The van der Waals surface area contributed by atoms with Crippen molar-refractivity contribution in [3.05, 3.63) is 22.5 Å². The minimum Gasteiger partial charge on any atom is -0.444 e. The Bertz CT molecular complexity index is 921. The quantitative estimate of drug-likeness (QED) is 0.523. The van der Waals surface area contributed by atoms with Gasteiger partial charge >= 0.3 is 6.09 Å². The summed E-state index contributed by atoms with van der Waals surface area (Å²) in [7, 11) is 1.82. The third-order valence-corrected chi connectivity index (χ3v) is 5.20. The monoisotopic (exact) mass is 429 g/mol. The van der Waals surface area contributed by atoms with Crippen molar-refractivity contribution in [1.82, 2.24) is 19.9 Å². The van der Waals surface area contributed by atoms with E-state index in [9.17, 15) is 9.18 Å². The fraction of sp³-hybridized carbons (Fsp3) is 0.556. The lowest BCUT2D eigenvalue weighted by molar-refractivity contribution is 0.0233. The molecule has 0 aromatic carbocycles. The molecule has 152 valence electrons. The summed E-state index contributed by atoms with van der Waals surface area (Å²) in [5, 5.41) is 0.0306. The van der Waals surface area contributed by atoms with Crippen molar-refractivity contribution < 1.29 is 13.9 Å². The molecule has 1 aliphatic heterocycles. The number of aromatic nitrogens is 3. The van der Waals surface area contributed by atoms with Crippen LogP contribution in [0.1, 0.15) is 34.1 Å². The molecule has 2 aromatic heterocycles. The first-order valence-electron chi connectivity index (χ1n) is 8.89. The summed E-state index contributed by atoms with van der Waals surface area (Å²) in [5.74, 6) is -0.311. The number of likely N-dealkylation sites (N-methyl/N-ethyl adjacent to an activating group) is 1. The maximum Gasteiger partial charge on any atom is 0.410 e. The van der Waals surface area contributed by atoms with Crippen LogP contribution in [0.4, 0.5) is 15.0 Å². The van der Waals surface area contributed by atoms with Crippen LogP contribution in [-0.4, -0.2) is 57.2 Å². The Hall–Kier alpha value is -1.93. The molecule has 0 N–H and O–H groups in total. The van der Waals surface area contributed by atoms with Crippen LogP contribution in [-0.2, 0) is 4.74 Å². The number of likely N-dealkylation sites (tertiary alicyclic amines) is 1. The summed E-state index contributed by atoms with van der Waals surface area (Å²) < 4.78 is 19.9. The van der Waals surface area contributed by atoms with Gasteiger partial charge in [-0.3, -0.25) is 0 Å². The molecule has 3 rings (SSSR count). The molecule has 2 aromatic rings. The number of carbonyl (C=O) groups excluding carboxylic acids is 1. The van der Waals surface area contributed by atoms with Gasteiger partial charge in [-0.2, -0.15) is 4.98 Å². The molecule has 28 heavy (non-hydrogen) atoms. The maximum atomic E-state index is 14.4. The summed E-state index contributed by atoms with van der Waals surface area (Å²) in [4.78, 5) is 28.1. The minimum absolute atomic E-state index is 0.0106. The number of rotatable bonds is 2. The number of hydrogen-bond donors (Lipinski definition) is 0.